The lowest BCUT2D eigenvalue weighted by atomic mass is 10.0. The van der Waals surface area contributed by atoms with E-state index in [1.807, 2.05) is 28.7 Å². The molecule has 1 amide bonds. The fraction of sp³-hybridized carbons (Fsp3) is 0.300. The fourth-order valence-corrected chi connectivity index (χ4v) is 3.11. The average molecular weight is 483 g/mol. The highest BCUT2D eigenvalue weighted by atomic mass is 127. The lowest BCUT2D eigenvalue weighted by Gasteiger charge is -2.17. The van der Waals surface area contributed by atoms with Crippen molar-refractivity contribution >= 4 is 34.5 Å². The molecule has 0 fully saturated rings. The predicted octanol–water partition coefficient (Wildman–Crippen LogP) is 2.93. The Morgan fingerprint density at radius 3 is 2.41 bits per heavy atom. The first-order chi connectivity index (χ1) is 12.9. The molecule has 0 heterocycles. The van der Waals surface area contributed by atoms with Crippen LogP contribution >= 0.6 is 22.6 Å². The number of hydrogen-bond acceptors (Lipinski definition) is 5. The van der Waals surface area contributed by atoms with E-state index in [0.717, 1.165) is 14.7 Å². The van der Waals surface area contributed by atoms with Gasteiger partial charge in [-0.2, -0.15) is 0 Å². The summed E-state index contributed by atoms with van der Waals surface area (Å²) in [4.78, 5) is 24.5. The minimum absolute atomic E-state index is 0.138. The zero-order chi connectivity index (χ0) is 19.8. The quantitative estimate of drug-likeness (QED) is 0.397. The monoisotopic (exact) mass is 483 g/mol. The van der Waals surface area contributed by atoms with Crippen molar-refractivity contribution < 1.29 is 24.5 Å². The molecule has 0 aliphatic heterocycles. The van der Waals surface area contributed by atoms with Crippen LogP contribution in [0, 0.1) is 3.57 Å². The third kappa shape index (κ3) is 6.74. The first-order valence-corrected chi connectivity index (χ1v) is 9.68. The van der Waals surface area contributed by atoms with Crippen molar-refractivity contribution in [3.05, 3.63) is 57.2 Å². The van der Waals surface area contributed by atoms with Crippen LogP contribution < -0.4 is 5.32 Å². The summed E-state index contributed by atoms with van der Waals surface area (Å²) in [6, 6.07) is 10.9. The van der Waals surface area contributed by atoms with Gasteiger partial charge in [0.25, 0.3) is 0 Å². The summed E-state index contributed by atoms with van der Waals surface area (Å²) < 4.78 is 5.79. The lowest BCUT2D eigenvalue weighted by molar-refractivity contribution is -0.147. The highest BCUT2D eigenvalue weighted by Gasteiger charge is 2.22. The number of carbonyl (C=O) groups is 2. The van der Waals surface area contributed by atoms with Gasteiger partial charge in [0.2, 0.25) is 5.91 Å². The Morgan fingerprint density at radius 2 is 1.78 bits per heavy atom. The molecule has 0 saturated heterocycles. The molecule has 0 bridgehead atoms. The fourth-order valence-electron chi connectivity index (χ4n) is 2.53. The molecule has 0 radical (unpaired) electrons. The summed E-state index contributed by atoms with van der Waals surface area (Å²) in [5.74, 6) is -0.396. The molecular weight excluding hydrogens is 461 g/mol. The van der Waals surface area contributed by atoms with Crippen molar-refractivity contribution in [3.8, 4) is 11.5 Å². The van der Waals surface area contributed by atoms with E-state index in [1.165, 1.54) is 12.1 Å². The van der Waals surface area contributed by atoms with Crippen LogP contribution in [-0.2, 0) is 27.2 Å². The van der Waals surface area contributed by atoms with Crippen molar-refractivity contribution in [1.29, 1.82) is 0 Å². The van der Waals surface area contributed by atoms with E-state index in [4.69, 9.17) is 4.74 Å². The summed E-state index contributed by atoms with van der Waals surface area (Å²) >= 11 is 2.03. The Labute approximate surface area is 171 Å². The number of ether oxygens (including phenoxy) is 1. The molecule has 6 nitrogen and oxygen atoms in total. The summed E-state index contributed by atoms with van der Waals surface area (Å²) in [5.41, 5.74) is 1.73. The van der Waals surface area contributed by atoms with E-state index in [-0.39, 0.29) is 36.9 Å². The molecule has 0 aromatic heterocycles. The van der Waals surface area contributed by atoms with E-state index in [9.17, 15) is 19.8 Å². The summed E-state index contributed by atoms with van der Waals surface area (Å²) in [6.07, 6.45) is 0.991. The van der Waals surface area contributed by atoms with Gasteiger partial charge in [0.15, 0.2) is 0 Å². The van der Waals surface area contributed by atoms with E-state index in [2.05, 4.69) is 5.32 Å². The first-order valence-electron chi connectivity index (χ1n) is 8.60. The van der Waals surface area contributed by atoms with Gasteiger partial charge in [-0.3, -0.25) is 4.79 Å². The average Bonchev–Trinajstić information content (AvgIpc) is 2.64. The number of nitrogens with one attached hydrogen (secondary N) is 1. The molecule has 144 valence electrons. The molecule has 0 spiro atoms. The zero-order valence-electron chi connectivity index (χ0n) is 14.9. The van der Waals surface area contributed by atoms with Crippen molar-refractivity contribution in [2.24, 2.45) is 0 Å². The van der Waals surface area contributed by atoms with Crippen LogP contribution in [0.1, 0.15) is 24.5 Å². The number of esters is 1. The Hall–Kier alpha value is -2.29. The van der Waals surface area contributed by atoms with Gasteiger partial charge in [0.05, 0.1) is 10.2 Å². The number of aryl methyl sites for hydroxylation is 1. The predicted molar refractivity (Wildman–Crippen MR) is 110 cm³/mol. The zero-order valence-corrected chi connectivity index (χ0v) is 17.1. The van der Waals surface area contributed by atoms with E-state index in [1.54, 1.807) is 31.2 Å². The Balaban J connectivity index is 1.98. The molecule has 2 aromatic carbocycles. The van der Waals surface area contributed by atoms with Gasteiger partial charge in [0, 0.05) is 12.8 Å². The second-order valence-electron chi connectivity index (χ2n) is 6.03. The minimum atomic E-state index is -0.790. The third-order valence-electron chi connectivity index (χ3n) is 3.94. The second-order valence-corrected chi connectivity index (χ2v) is 7.19. The van der Waals surface area contributed by atoms with Gasteiger partial charge >= 0.3 is 5.97 Å². The molecule has 27 heavy (non-hydrogen) atoms. The van der Waals surface area contributed by atoms with E-state index >= 15 is 0 Å². The molecule has 0 saturated carbocycles. The highest BCUT2D eigenvalue weighted by molar-refractivity contribution is 14.1. The van der Waals surface area contributed by atoms with Crippen molar-refractivity contribution in [3.63, 3.8) is 0 Å². The number of aromatic hydroxyl groups is 2. The first kappa shape index (κ1) is 21.0. The van der Waals surface area contributed by atoms with Crippen LogP contribution in [0.5, 0.6) is 11.5 Å². The Bertz CT molecular complexity index is 791. The number of carbonyl (C=O) groups excluding carboxylic acids is 2. The highest BCUT2D eigenvalue weighted by Crippen LogP contribution is 2.21. The number of phenolic OH excluding ortho intramolecular Hbond substituents is 2. The largest absolute Gasteiger partial charge is 0.508 e. The second kappa shape index (κ2) is 10.1. The number of hydrogen-bond donors (Lipinski definition) is 3. The molecule has 1 atom stereocenters. The van der Waals surface area contributed by atoms with Crippen LogP contribution in [0.15, 0.2) is 42.5 Å². The molecule has 2 aromatic rings. The maximum absolute atomic E-state index is 12.3. The number of halogens is 1. The molecule has 1 unspecified atom stereocenters. The molecular formula is C20H22INO5. The molecule has 0 aliphatic rings. The van der Waals surface area contributed by atoms with Crippen LogP contribution in [0.3, 0.4) is 0 Å². The van der Waals surface area contributed by atoms with Gasteiger partial charge in [-0.1, -0.05) is 18.2 Å². The van der Waals surface area contributed by atoms with Crippen LogP contribution in [0.4, 0.5) is 0 Å². The number of rotatable bonds is 8. The minimum Gasteiger partial charge on any atom is -0.508 e. The SMILES string of the molecule is CCOC(=O)C(Cc1ccc(O)cc1)NC(=O)CCc1ccc(O)c(I)c1. The molecule has 7 heteroatoms. The van der Waals surface area contributed by atoms with E-state index < -0.39 is 12.0 Å². The molecule has 0 aliphatic carbocycles. The summed E-state index contributed by atoms with van der Waals surface area (Å²) in [7, 11) is 0. The van der Waals surface area contributed by atoms with Crippen LogP contribution in [-0.4, -0.2) is 34.7 Å². The van der Waals surface area contributed by atoms with Crippen molar-refractivity contribution in [2.75, 3.05) is 6.61 Å². The smallest absolute Gasteiger partial charge is 0.328 e. The van der Waals surface area contributed by atoms with Gasteiger partial charge in [-0.05, 0) is 71.3 Å². The van der Waals surface area contributed by atoms with E-state index in [0.29, 0.717) is 6.42 Å². The van der Waals surface area contributed by atoms with Crippen molar-refractivity contribution in [2.45, 2.75) is 32.2 Å². The van der Waals surface area contributed by atoms with Crippen LogP contribution in [0.2, 0.25) is 0 Å². The maximum atomic E-state index is 12.3. The topological polar surface area (TPSA) is 95.9 Å². The van der Waals surface area contributed by atoms with Crippen LogP contribution in [0.25, 0.3) is 0 Å². The lowest BCUT2D eigenvalue weighted by Crippen LogP contribution is -2.43. The maximum Gasteiger partial charge on any atom is 0.328 e. The summed E-state index contributed by atoms with van der Waals surface area (Å²) in [6.45, 7) is 1.94. The van der Waals surface area contributed by atoms with Crippen molar-refractivity contribution in [1.82, 2.24) is 5.32 Å². The van der Waals surface area contributed by atoms with Gasteiger partial charge < -0.3 is 20.3 Å². The number of benzene rings is 2. The summed E-state index contributed by atoms with van der Waals surface area (Å²) in [5, 5.41) is 21.7. The van der Waals surface area contributed by atoms with Gasteiger partial charge in [0.1, 0.15) is 17.5 Å². The van der Waals surface area contributed by atoms with Gasteiger partial charge in [-0.25, -0.2) is 4.79 Å². The third-order valence-corrected chi connectivity index (χ3v) is 4.80. The Morgan fingerprint density at radius 1 is 1.11 bits per heavy atom. The standard InChI is InChI=1S/C20H22INO5/c1-2-27-20(26)17(12-14-3-7-15(23)8-4-14)22-19(25)10-6-13-5-9-18(24)16(21)11-13/h3-5,7-9,11,17,23-24H,2,6,10,12H2,1H3,(H,22,25). The molecule has 3 N–H and O–H groups in total. The normalized spacial score (nSPS) is 11.6. The Kier molecular flexibility index (Phi) is 7.90. The molecule has 2 rings (SSSR count). The van der Waals surface area contributed by atoms with Gasteiger partial charge in [-0.15, -0.1) is 0 Å². The number of phenols is 2. The number of amides is 1.